The van der Waals surface area contributed by atoms with Gasteiger partial charge in [0.05, 0.1) is 36.3 Å². The summed E-state index contributed by atoms with van der Waals surface area (Å²) in [6.07, 6.45) is -5.08. The summed E-state index contributed by atoms with van der Waals surface area (Å²) in [6.45, 7) is 12.3. The Hall–Kier alpha value is -2.66. The zero-order valence-electron chi connectivity index (χ0n) is 26.5. The van der Waals surface area contributed by atoms with Gasteiger partial charge in [-0.3, -0.25) is 9.59 Å². The molecule has 0 radical (unpaired) electrons. The third-order valence-corrected chi connectivity index (χ3v) is 7.45. The average molecular weight is 617 g/mol. The molecule has 0 spiro atoms. The molecule has 1 saturated heterocycles. The molecule has 0 unspecified atom stereocenters. The van der Waals surface area contributed by atoms with Crippen molar-refractivity contribution < 1.29 is 51.2 Å². The van der Waals surface area contributed by atoms with Gasteiger partial charge in [-0.15, -0.1) is 0 Å². The van der Waals surface area contributed by atoms with Crippen LogP contribution in [0.5, 0.6) is 0 Å². The first-order valence-corrected chi connectivity index (χ1v) is 14.7. The van der Waals surface area contributed by atoms with E-state index in [-0.39, 0.29) is 44.0 Å². The molecule has 0 aromatic heterocycles. The summed E-state index contributed by atoms with van der Waals surface area (Å²) in [5.74, 6) is -2.27. The number of ether oxygens (including phenoxy) is 5. The van der Waals surface area contributed by atoms with Gasteiger partial charge in [0.1, 0.15) is 6.10 Å². The summed E-state index contributed by atoms with van der Waals surface area (Å²) in [5, 5.41) is 0. The van der Waals surface area contributed by atoms with Crippen molar-refractivity contribution in [3.8, 4) is 0 Å². The summed E-state index contributed by atoms with van der Waals surface area (Å²) in [5.41, 5.74) is -5.19. The largest absolute Gasteiger partial charge is 0.465 e. The molecule has 0 bridgehead atoms. The number of benzene rings is 1. The lowest BCUT2D eigenvalue weighted by Crippen LogP contribution is -2.52. The molecular weight excluding hydrogens is 569 g/mol. The van der Waals surface area contributed by atoms with Gasteiger partial charge in [-0.2, -0.15) is 13.2 Å². The van der Waals surface area contributed by atoms with Gasteiger partial charge < -0.3 is 23.7 Å². The highest BCUT2D eigenvalue weighted by molar-refractivity contribution is 5.83. The number of halogens is 3. The minimum atomic E-state index is -5.13. The number of hydrogen-bond acceptors (Lipinski definition) is 8. The second-order valence-corrected chi connectivity index (χ2v) is 13.2. The lowest BCUT2D eigenvalue weighted by atomic mass is 9.89. The monoisotopic (exact) mass is 616 g/mol. The van der Waals surface area contributed by atoms with Crippen molar-refractivity contribution in [1.29, 1.82) is 0 Å². The molecule has 5 atom stereocenters. The van der Waals surface area contributed by atoms with Crippen molar-refractivity contribution >= 4 is 17.9 Å². The van der Waals surface area contributed by atoms with Gasteiger partial charge in [0.2, 0.25) is 0 Å². The first-order valence-electron chi connectivity index (χ1n) is 14.7. The number of hydrogen-bond donors (Lipinski definition) is 0. The Morgan fingerprint density at radius 1 is 0.884 bits per heavy atom. The van der Waals surface area contributed by atoms with Crippen LogP contribution in [0, 0.1) is 16.7 Å². The Morgan fingerprint density at radius 2 is 1.44 bits per heavy atom. The van der Waals surface area contributed by atoms with E-state index in [9.17, 15) is 27.6 Å². The third kappa shape index (κ3) is 9.93. The van der Waals surface area contributed by atoms with E-state index in [1.807, 2.05) is 6.92 Å². The smallest absolute Gasteiger partial charge is 0.432 e. The molecule has 1 heterocycles. The molecule has 1 aromatic carbocycles. The topological polar surface area (TPSA) is 97.4 Å². The van der Waals surface area contributed by atoms with E-state index < -0.39 is 52.3 Å². The fourth-order valence-electron chi connectivity index (χ4n) is 4.73. The first kappa shape index (κ1) is 36.5. The maximum atomic E-state index is 14.5. The van der Waals surface area contributed by atoms with E-state index in [1.54, 1.807) is 41.5 Å². The lowest BCUT2D eigenvalue weighted by molar-refractivity contribution is -0.278. The van der Waals surface area contributed by atoms with Crippen LogP contribution in [0.3, 0.4) is 0 Å². The molecule has 1 aromatic rings. The number of methoxy groups -OCH3 is 1. The van der Waals surface area contributed by atoms with Crippen molar-refractivity contribution in [3.63, 3.8) is 0 Å². The SMILES string of the molecule is CO[C@@](C(=O)O[C@@H](CCOC(=O)C(C)(C)C)C[C@H]1CC[C@H](C)[C@@H](CCOC(=O)C(C)(C)C)O1)(c1ccccc1)C(F)(F)F. The van der Waals surface area contributed by atoms with Crippen molar-refractivity contribution in [1.82, 2.24) is 0 Å². The molecule has 2 rings (SSSR count). The first-order chi connectivity index (χ1) is 19.8. The van der Waals surface area contributed by atoms with Gasteiger partial charge in [-0.1, -0.05) is 37.3 Å². The number of carbonyl (C=O) groups is 3. The zero-order valence-corrected chi connectivity index (χ0v) is 26.5. The molecule has 244 valence electrons. The molecule has 0 saturated carbocycles. The van der Waals surface area contributed by atoms with Crippen molar-refractivity contribution in [2.24, 2.45) is 16.7 Å². The Bertz CT molecular complexity index is 1060. The van der Waals surface area contributed by atoms with Gasteiger partial charge in [-0.05, 0) is 60.3 Å². The average Bonchev–Trinajstić information content (AvgIpc) is 2.89. The zero-order chi connectivity index (χ0) is 32.6. The summed E-state index contributed by atoms with van der Waals surface area (Å²) < 4.78 is 70.9. The Kier molecular flexibility index (Phi) is 12.6. The predicted octanol–water partition coefficient (Wildman–Crippen LogP) is 6.54. The van der Waals surface area contributed by atoms with Gasteiger partial charge >= 0.3 is 24.1 Å². The van der Waals surface area contributed by atoms with Gasteiger partial charge in [0.15, 0.2) is 0 Å². The number of rotatable bonds is 12. The third-order valence-electron chi connectivity index (χ3n) is 7.45. The van der Waals surface area contributed by atoms with Crippen LogP contribution in [0.2, 0.25) is 0 Å². The van der Waals surface area contributed by atoms with Crippen LogP contribution in [-0.4, -0.2) is 62.7 Å². The van der Waals surface area contributed by atoms with Gasteiger partial charge in [0.25, 0.3) is 5.60 Å². The van der Waals surface area contributed by atoms with E-state index >= 15 is 0 Å². The second-order valence-electron chi connectivity index (χ2n) is 13.2. The van der Waals surface area contributed by atoms with Crippen molar-refractivity contribution in [2.75, 3.05) is 20.3 Å². The molecular formula is C32H47F3O8. The maximum absolute atomic E-state index is 14.5. The van der Waals surface area contributed by atoms with E-state index in [0.29, 0.717) is 12.8 Å². The van der Waals surface area contributed by atoms with Crippen LogP contribution >= 0.6 is 0 Å². The molecule has 11 heteroatoms. The fourth-order valence-corrected chi connectivity index (χ4v) is 4.73. The Labute approximate surface area is 252 Å². The fraction of sp³-hybridized carbons (Fsp3) is 0.719. The summed E-state index contributed by atoms with van der Waals surface area (Å²) in [7, 11) is 0.810. The maximum Gasteiger partial charge on any atom is 0.432 e. The minimum Gasteiger partial charge on any atom is -0.465 e. The van der Waals surface area contributed by atoms with Crippen LogP contribution in [0.25, 0.3) is 0 Å². The van der Waals surface area contributed by atoms with E-state index in [4.69, 9.17) is 23.7 Å². The summed E-state index contributed by atoms with van der Waals surface area (Å²) >= 11 is 0. The molecule has 0 amide bonds. The van der Waals surface area contributed by atoms with Crippen LogP contribution in [-0.2, 0) is 43.7 Å². The molecule has 1 aliphatic heterocycles. The Morgan fingerprint density at radius 3 is 1.95 bits per heavy atom. The van der Waals surface area contributed by atoms with E-state index in [2.05, 4.69) is 0 Å². The molecule has 43 heavy (non-hydrogen) atoms. The predicted molar refractivity (Wildman–Crippen MR) is 153 cm³/mol. The van der Waals surface area contributed by atoms with Crippen LogP contribution in [0.15, 0.2) is 30.3 Å². The molecule has 8 nitrogen and oxygen atoms in total. The summed E-state index contributed by atoms with van der Waals surface area (Å²) in [6, 6.07) is 6.59. The molecule has 1 fully saturated rings. The van der Waals surface area contributed by atoms with Crippen molar-refractivity contribution in [2.45, 2.75) is 111 Å². The Balaban J connectivity index is 2.23. The van der Waals surface area contributed by atoms with Crippen LogP contribution in [0.1, 0.15) is 86.1 Å². The van der Waals surface area contributed by atoms with Crippen LogP contribution < -0.4 is 0 Å². The standard InChI is InChI=1S/C32H47F3O8/c1-21-14-15-23(42-25(21)17-19-41-27(37)30(5,6)7)20-24(16-18-40-26(36)29(2,3)4)43-28(38)31(39-8,32(33,34)35)22-12-10-9-11-13-22/h9-13,21,23-25H,14-20H2,1-8H3/t21-,23+,24-,25+,31+/m0/s1. The van der Waals surface area contributed by atoms with Crippen molar-refractivity contribution in [3.05, 3.63) is 35.9 Å². The normalized spacial score (nSPS) is 21.8. The van der Waals surface area contributed by atoms with E-state index in [1.165, 1.54) is 18.2 Å². The summed E-state index contributed by atoms with van der Waals surface area (Å²) in [4.78, 5) is 37.9. The van der Waals surface area contributed by atoms with Crippen LogP contribution in [0.4, 0.5) is 13.2 Å². The molecule has 0 N–H and O–H groups in total. The second kappa shape index (κ2) is 14.9. The highest BCUT2D eigenvalue weighted by Crippen LogP contribution is 2.43. The quantitative estimate of drug-likeness (QED) is 0.193. The highest BCUT2D eigenvalue weighted by Gasteiger charge is 2.64. The lowest BCUT2D eigenvalue weighted by Gasteiger charge is -2.37. The van der Waals surface area contributed by atoms with Gasteiger partial charge in [0, 0.05) is 31.9 Å². The number of carbonyl (C=O) groups excluding carboxylic acids is 3. The van der Waals surface area contributed by atoms with Gasteiger partial charge in [-0.25, -0.2) is 4.79 Å². The minimum absolute atomic E-state index is 0.0384. The number of esters is 3. The molecule has 0 aliphatic carbocycles. The molecule has 1 aliphatic rings. The van der Waals surface area contributed by atoms with E-state index in [0.717, 1.165) is 25.7 Å². The highest BCUT2D eigenvalue weighted by atomic mass is 19.4. The number of alkyl halides is 3.